The SMILES string of the molecule is Cc1cncc(COc2ccc(C(=O)O)c(F)c2)c1. The van der Waals surface area contributed by atoms with Gasteiger partial charge in [-0.05, 0) is 30.7 Å². The van der Waals surface area contributed by atoms with Crippen LogP contribution in [0.5, 0.6) is 5.75 Å². The highest BCUT2D eigenvalue weighted by molar-refractivity contribution is 5.88. The fourth-order valence-electron chi connectivity index (χ4n) is 1.62. The van der Waals surface area contributed by atoms with E-state index in [9.17, 15) is 9.18 Å². The van der Waals surface area contributed by atoms with E-state index in [1.54, 1.807) is 12.4 Å². The highest BCUT2D eigenvalue weighted by atomic mass is 19.1. The summed E-state index contributed by atoms with van der Waals surface area (Å²) >= 11 is 0. The summed E-state index contributed by atoms with van der Waals surface area (Å²) in [6, 6.07) is 5.58. The van der Waals surface area contributed by atoms with Gasteiger partial charge in [0, 0.05) is 24.0 Å². The lowest BCUT2D eigenvalue weighted by Crippen LogP contribution is -2.02. The van der Waals surface area contributed by atoms with E-state index in [1.807, 2.05) is 13.0 Å². The summed E-state index contributed by atoms with van der Waals surface area (Å²) in [5, 5.41) is 8.71. The van der Waals surface area contributed by atoms with Gasteiger partial charge in [0.25, 0.3) is 0 Å². The molecule has 0 aliphatic rings. The average Bonchev–Trinajstić information content (AvgIpc) is 2.36. The van der Waals surface area contributed by atoms with Crippen molar-refractivity contribution in [1.29, 1.82) is 0 Å². The Kier molecular flexibility index (Phi) is 3.75. The molecular formula is C14H12FNO3. The normalized spacial score (nSPS) is 10.2. The Morgan fingerprint density at radius 3 is 2.79 bits per heavy atom. The van der Waals surface area contributed by atoms with Crippen LogP contribution in [-0.4, -0.2) is 16.1 Å². The van der Waals surface area contributed by atoms with Crippen molar-refractivity contribution in [3.8, 4) is 5.75 Å². The number of benzene rings is 1. The Morgan fingerprint density at radius 1 is 1.37 bits per heavy atom. The Morgan fingerprint density at radius 2 is 2.16 bits per heavy atom. The number of carbonyl (C=O) groups is 1. The average molecular weight is 261 g/mol. The predicted molar refractivity (Wildman–Crippen MR) is 66.7 cm³/mol. The molecule has 0 unspecified atom stereocenters. The second-order valence-corrected chi connectivity index (χ2v) is 4.11. The quantitative estimate of drug-likeness (QED) is 0.919. The minimum Gasteiger partial charge on any atom is -0.489 e. The molecule has 0 amide bonds. The van der Waals surface area contributed by atoms with Crippen LogP contribution in [0.25, 0.3) is 0 Å². The van der Waals surface area contributed by atoms with E-state index in [0.29, 0.717) is 0 Å². The molecule has 2 rings (SSSR count). The highest BCUT2D eigenvalue weighted by Crippen LogP contribution is 2.18. The van der Waals surface area contributed by atoms with Crippen LogP contribution in [0.15, 0.2) is 36.7 Å². The first-order chi connectivity index (χ1) is 9.06. The monoisotopic (exact) mass is 261 g/mol. The minimum absolute atomic E-state index is 0.251. The van der Waals surface area contributed by atoms with E-state index in [0.717, 1.165) is 17.2 Å². The topological polar surface area (TPSA) is 59.4 Å². The Balaban J connectivity index is 2.08. The Hall–Kier alpha value is -2.43. The maximum absolute atomic E-state index is 13.4. The third-order valence-corrected chi connectivity index (χ3v) is 2.51. The molecule has 0 saturated heterocycles. The van der Waals surface area contributed by atoms with Gasteiger partial charge in [-0.15, -0.1) is 0 Å². The van der Waals surface area contributed by atoms with Gasteiger partial charge in [-0.3, -0.25) is 4.98 Å². The molecule has 4 nitrogen and oxygen atoms in total. The van der Waals surface area contributed by atoms with E-state index >= 15 is 0 Å². The molecule has 5 heteroatoms. The van der Waals surface area contributed by atoms with E-state index in [4.69, 9.17) is 9.84 Å². The number of aryl methyl sites for hydroxylation is 1. The van der Waals surface area contributed by atoms with Crippen LogP contribution in [0.2, 0.25) is 0 Å². The van der Waals surface area contributed by atoms with Crippen LogP contribution in [-0.2, 0) is 6.61 Å². The smallest absolute Gasteiger partial charge is 0.338 e. The molecule has 0 radical (unpaired) electrons. The third-order valence-electron chi connectivity index (χ3n) is 2.51. The van der Waals surface area contributed by atoms with Crippen LogP contribution < -0.4 is 4.74 Å². The lowest BCUT2D eigenvalue weighted by Gasteiger charge is -2.07. The predicted octanol–water partition coefficient (Wildman–Crippen LogP) is 2.81. The number of rotatable bonds is 4. The lowest BCUT2D eigenvalue weighted by molar-refractivity contribution is 0.0692. The van der Waals surface area contributed by atoms with E-state index in [1.165, 1.54) is 12.1 Å². The van der Waals surface area contributed by atoms with E-state index in [2.05, 4.69) is 4.98 Å². The van der Waals surface area contributed by atoms with Crippen LogP contribution in [0.4, 0.5) is 4.39 Å². The lowest BCUT2D eigenvalue weighted by atomic mass is 10.2. The summed E-state index contributed by atoms with van der Waals surface area (Å²) in [6.07, 6.45) is 3.39. The summed E-state index contributed by atoms with van der Waals surface area (Å²) in [5.74, 6) is -1.83. The van der Waals surface area contributed by atoms with Crippen molar-refractivity contribution >= 4 is 5.97 Å². The summed E-state index contributed by atoms with van der Waals surface area (Å²) in [5.41, 5.74) is 1.50. The van der Waals surface area contributed by atoms with Crippen molar-refractivity contribution in [2.75, 3.05) is 0 Å². The Labute approximate surface area is 109 Å². The Bertz CT molecular complexity index is 613. The molecule has 0 spiro atoms. The first-order valence-electron chi connectivity index (χ1n) is 5.62. The number of pyridine rings is 1. The summed E-state index contributed by atoms with van der Waals surface area (Å²) in [6.45, 7) is 2.17. The molecule has 0 aliphatic carbocycles. The first-order valence-corrected chi connectivity index (χ1v) is 5.62. The molecule has 0 bridgehead atoms. The number of carboxylic acid groups (broad SMARTS) is 1. The molecule has 2 aromatic rings. The number of aromatic nitrogens is 1. The number of nitrogens with zero attached hydrogens (tertiary/aromatic N) is 1. The fourth-order valence-corrected chi connectivity index (χ4v) is 1.62. The maximum atomic E-state index is 13.4. The second-order valence-electron chi connectivity index (χ2n) is 4.11. The minimum atomic E-state index is -1.30. The van der Waals surface area contributed by atoms with Gasteiger partial charge >= 0.3 is 5.97 Å². The van der Waals surface area contributed by atoms with Crippen molar-refractivity contribution in [3.63, 3.8) is 0 Å². The molecule has 0 atom stereocenters. The van der Waals surface area contributed by atoms with Crippen molar-refractivity contribution in [3.05, 3.63) is 59.2 Å². The zero-order valence-electron chi connectivity index (χ0n) is 10.3. The molecule has 0 saturated carbocycles. The third kappa shape index (κ3) is 3.28. The molecule has 1 heterocycles. The molecular weight excluding hydrogens is 249 g/mol. The van der Waals surface area contributed by atoms with Crippen molar-refractivity contribution < 1.29 is 19.0 Å². The number of hydrogen-bond acceptors (Lipinski definition) is 3. The van der Waals surface area contributed by atoms with Crippen LogP contribution in [0.1, 0.15) is 21.5 Å². The van der Waals surface area contributed by atoms with Gasteiger partial charge in [0.15, 0.2) is 0 Å². The maximum Gasteiger partial charge on any atom is 0.338 e. The van der Waals surface area contributed by atoms with Crippen LogP contribution in [0, 0.1) is 12.7 Å². The molecule has 98 valence electrons. The molecule has 0 fully saturated rings. The van der Waals surface area contributed by atoms with Gasteiger partial charge < -0.3 is 9.84 Å². The molecule has 19 heavy (non-hydrogen) atoms. The number of halogens is 1. The number of carboxylic acids is 1. The van der Waals surface area contributed by atoms with Crippen molar-refractivity contribution in [2.24, 2.45) is 0 Å². The first kappa shape index (κ1) is 13.0. The van der Waals surface area contributed by atoms with Crippen molar-refractivity contribution in [1.82, 2.24) is 4.98 Å². The van der Waals surface area contributed by atoms with Crippen LogP contribution in [0.3, 0.4) is 0 Å². The van der Waals surface area contributed by atoms with Crippen molar-refractivity contribution in [2.45, 2.75) is 13.5 Å². The highest BCUT2D eigenvalue weighted by Gasteiger charge is 2.10. The standard InChI is InChI=1S/C14H12FNO3/c1-9-4-10(7-16-6-9)8-19-11-2-3-12(14(17)18)13(15)5-11/h2-7H,8H2,1H3,(H,17,18). The van der Waals surface area contributed by atoms with E-state index in [-0.39, 0.29) is 17.9 Å². The van der Waals surface area contributed by atoms with Gasteiger partial charge in [-0.2, -0.15) is 0 Å². The van der Waals surface area contributed by atoms with Gasteiger partial charge in [-0.1, -0.05) is 0 Å². The van der Waals surface area contributed by atoms with Gasteiger partial charge in [0.2, 0.25) is 0 Å². The molecule has 1 aromatic carbocycles. The fraction of sp³-hybridized carbons (Fsp3) is 0.143. The molecule has 0 aliphatic heterocycles. The van der Waals surface area contributed by atoms with Gasteiger partial charge in [-0.25, -0.2) is 9.18 Å². The van der Waals surface area contributed by atoms with Crippen LogP contribution >= 0.6 is 0 Å². The molecule has 1 N–H and O–H groups in total. The molecule has 1 aromatic heterocycles. The number of hydrogen-bond donors (Lipinski definition) is 1. The largest absolute Gasteiger partial charge is 0.489 e. The number of ether oxygens (including phenoxy) is 1. The van der Waals surface area contributed by atoms with Gasteiger partial charge in [0.1, 0.15) is 18.2 Å². The zero-order valence-corrected chi connectivity index (χ0v) is 10.3. The second kappa shape index (κ2) is 5.48. The van der Waals surface area contributed by atoms with E-state index < -0.39 is 11.8 Å². The summed E-state index contributed by atoms with van der Waals surface area (Å²) in [7, 11) is 0. The number of aromatic carboxylic acids is 1. The van der Waals surface area contributed by atoms with Gasteiger partial charge in [0.05, 0.1) is 5.56 Å². The zero-order chi connectivity index (χ0) is 13.8. The summed E-state index contributed by atoms with van der Waals surface area (Å²) < 4.78 is 18.8. The summed E-state index contributed by atoms with van der Waals surface area (Å²) in [4.78, 5) is 14.7.